The SMILES string of the molecule is CC(Oc1ccccc1)C(=O)N1CCC(CCO)C1. The lowest BCUT2D eigenvalue weighted by Crippen LogP contribution is -2.39. The lowest BCUT2D eigenvalue weighted by molar-refractivity contribution is -0.137. The van der Waals surface area contributed by atoms with Gasteiger partial charge in [0, 0.05) is 19.7 Å². The van der Waals surface area contributed by atoms with Crippen LogP contribution >= 0.6 is 0 Å². The van der Waals surface area contributed by atoms with Crippen LogP contribution in [-0.2, 0) is 4.79 Å². The van der Waals surface area contributed by atoms with Gasteiger partial charge in [-0.05, 0) is 37.8 Å². The Bertz CT molecular complexity index is 407. The van der Waals surface area contributed by atoms with E-state index in [1.807, 2.05) is 35.2 Å². The summed E-state index contributed by atoms with van der Waals surface area (Å²) >= 11 is 0. The number of aliphatic hydroxyl groups is 1. The molecule has 1 amide bonds. The van der Waals surface area contributed by atoms with Crippen LogP contribution < -0.4 is 4.74 Å². The van der Waals surface area contributed by atoms with Crippen molar-refractivity contribution < 1.29 is 14.6 Å². The van der Waals surface area contributed by atoms with Crippen molar-refractivity contribution in [2.75, 3.05) is 19.7 Å². The summed E-state index contributed by atoms with van der Waals surface area (Å²) in [4.78, 5) is 14.1. The highest BCUT2D eigenvalue weighted by molar-refractivity contribution is 5.81. The van der Waals surface area contributed by atoms with Gasteiger partial charge in [-0.3, -0.25) is 4.79 Å². The summed E-state index contributed by atoms with van der Waals surface area (Å²) < 4.78 is 5.64. The molecule has 0 spiro atoms. The molecule has 4 nitrogen and oxygen atoms in total. The molecule has 1 fully saturated rings. The second kappa shape index (κ2) is 6.57. The number of carbonyl (C=O) groups is 1. The Morgan fingerprint density at radius 3 is 2.89 bits per heavy atom. The van der Waals surface area contributed by atoms with Gasteiger partial charge in [-0.25, -0.2) is 0 Å². The van der Waals surface area contributed by atoms with Crippen LogP contribution in [0.1, 0.15) is 19.8 Å². The number of benzene rings is 1. The van der Waals surface area contributed by atoms with Crippen LogP contribution in [0.25, 0.3) is 0 Å². The highest BCUT2D eigenvalue weighted by Crippen LogP contribution is 2.21. The van der Waals surface area contributed by atoms with E-state index >= 15 is 0 Å². The molecule has 0 radical (unpaired) electrons. The number of amides is 1. The minimum Gasteiger partial charge on any atom is -0.481 e. The lowest BCUT2D eigenvalue weighted by Gasteiger charge is -2.21. The minimum atomic E-state index is -0.463. The summed E-state index contributed by atoms with van der Waals surface area (Å²) in [5.41, 5.74) is 0. The molecule has 1 heterocycles. The molecule has 1 N–H and O–H groups in total. The van der Waals surface area contributed by atoms with E-state index in [2.05, 4.69) is 0 Å². The normalized spacial score (nSPS) is 20.3. The predicted octanol–water partition coefficient (Wildman–Crippen LogP) is 1.68. The van der Waals surface area contributed by atoms with Crippen molar-refractivity contribution in [3.05, 3.63) is 30.3 Å². The van der Waals surface area contributed by atoms with Crippen molar-refractivity contribution in [1.29, 1.82) is 0 Å². The van der Waals surface area contributed by atoms with Gasteiger partial charge in [0.15, 0.2) is 6.10 Å². The van der Waals surface area contributed by atoms with Crippen molar-refractivity contribution in [1.82, 2.24) is 4.90 Å². The number of likely N-dealkylation sites (tertiary alicyclic amines) is 1. The van der Waals surface area contributed by atoms with Crippen LogP contribution in [-0.4, -0.2) is 41.7 Å². The number of carbonyl (C=O) groups excluding carboxylic acids is 1. The lowest BCUT2D eigenvalue weighted by atomic mass is 10.1. The van der Waals surface area contributed by atoms with Crippen LogP contribution in [0.15, 0.2) is 30.3 Å². The monoisotopic (exact) mass is 263 g/mol. The fourth-order valence-electron chi connectivity index (χ4n) is 2.46. The van der Waals surface area contributed by atoms with E-state index in [0.29, 0.717) is 5.92 Å². The van der Waals surface area contributed by atoms with Crippen LogP contribution in [0.4, 0.5) is 0 Å². The molecular weight excluding hydrogens is 242 g/mol. The molecule has 0 saturated carbocycles. The maximum atomic E-state index is 12.2. The largest absolute Gasteiger partial charge is 0.481 e. The molecule has 2 rings (SSSR count). The van der Waals surface area contributed by atoms with E-state index in [1.54, 1.807) is 6.92 Å². The zero-order chi connectivity index (χ0) is 13.7. The highest BCUT2D eigenvalue weighted by Gasteiger charge is 2.29. The first-order chi connectivity index (χ1) is 9.20. The third-order valence-corrected chi connectivity index (χ3v) is 3.54. The first-order valence-corrected chi connectivity index (χ1v) is 6.82. The quantitative estimate of drug-likeness (QED) is 0.879. The zero-order valence-electron chi connectivity index (χ0n) is 11.3. The van der Waals surface area contributed by atoms with Gasteiger partial charge in [-0.15, -0.1) is 0 Å². The zero-order valence-corrected chi connectivity index (χ0v) is 11.3. The molecule has 104 valence electrons. The molecule has 1 aliphatic heterocycles. The fourth-order valence-corrected chi connectivity index (χ4v) is 2.46. The Kier molecular flexibility index (Phi) is 4.80. The smallest absolute Gasteiger partial charge is 0.263 e. The summed E-state index contributed by atoms with van der Waals surface area (Å²) in [5, 5.41) is 8.93. The number of nitrogens with zero attached hydrogens (tertiary/aromatic N) is 1. The molecule has 1 saturated heterocycles. The summed E-state index contributed by atoms with van der Waals surface area (Å²) in [6.45, 7) is 3.49. The molecule has 4 heteroatoms. The van der Waals surface area contributed by atoms with E-state index in [4.69, 9.17) is 9.84 Å². The number of para-hydroxylation sites is 1. The Morgan fingerprint density at radius 2 is 2.21 bits per heavy atom. The Morgan fingerprint density at radius 1 is 1.47 bits per heavy atom. The summed E-state index contributed by atoms with van der Waals surface area (Å²) in [5.74, 6) is 1.18. The van der Waals surface area contributed by atoms with Crippen molar-refractivity contribution in [3.63, 3.8) is 0 Å². The molecule has 2 atom stereocenters. The third kappa shape index (κ3) is 3.70. The Balaban J connectivity index is 1.86. The molecule has 0 bridgehead atoms. The van der Waals surface area contributed by atoms with Gasteiger partial charge in [-0.2, -0.15) is 0 Å². The summed E-state index contributed by atoms with van der Waals surface area (Å²) in [6, 6.07) is 9.39. The van der Waals surface area contributed by atoms with Crippen LogP contribution in [0.2, 0.25) is 0 Å². The van der Waals surface area contributed by atoms with E-state index in [9.17, 15) is 4.79 Å². The molecule has 19 heavy (non-hydrogen) atoms. The first-order valence-electron chi connectivity index (χ1n) is 6.82. The number of hydrogen-bond donors (Lipinski definition) is 1. The van der Waals surface area contributed by atoms with E-state index in [0.717, 1.165) is 31.7 Å². The van der Waals surface area contributed by atoms with E-state index < -0.39 is 6.10 Å². The van der Waals surface area contributed by atoms with Crippen molar-refractivity contribution in [2.24, 2.45) is 5.92 Å². The van der Waals surface area contributed by atoms with Crippen LogP contribution in [0, 0.1) is 5.92 Å². The number of ether oxygens (including phenoxy) is 1. The Labute approximate surface area is 114 Å². The molecule has 2 unspecified atom stereocenters. The van der Waals surface area contributed by atoms with Gasteiger partial charge in [0.2, 0.25) is 0 Å². The summed E-state index contributed by atoms with van der Waals surface area (Å²) in [6.07, 6.45) is 1.29. The second-order valence-corrected chi connectivity index (χ2v) is 5.02. The molecule has 0 aromatic heterocycles. The Hall–Kier alpha value is -1.55. The van der Waals surface area contributed by atoms with Gasteiger partial charge in [0.25, 0.3) is 5.91 Å². The van der Waals surface area contributed by atoms with Crippen molar-refractivity contribution >= 4 is 5.91 Å². The average Bonchev–Trinajstić information content (AvgIpc) is 2.88. The van der Waals surface area contributed by atoms with Gasteiger partial charge in [0.1, 0.15) is 5.75 Å². The van der Waals surface area contributed by atoms with Crippen molar-refractivity contribution in [3.8, 4) is 5.75 Å². The standard InChI is InChI=1S/C15H21NO3/c1-12(19-14-5-3-2-4-6-14)15(18)16-9-7-13(11-16)8-10-17/h2-6,12-13,17H,7-11H2,1H3. The maximum Gasteiger partial charge on any atom is 0.263 e. The minimum absolute atomic E-state index is 0.0318. The van der Waals surface area contributed by atoms with Crippen LogP contribution in [0.5, 0.6) is 5.75 Å². The highest BCUT2D eigenvalue weighted by atomic mass is 16.5. The first kappa shape index (κ1) is 13.9. The number of aliphatic hydroxyl groups excluding tert-OH is 1. The molecule has 0 aliphatic carbocycles. The predicted molar refractivity (Wildman–Crippen MR) is 72.9 cm³/mol. The van der Waals surface area contributed by atoms with Gasteiger partial charge < -0.3 is 14.7 Å². The fraction of sp³-hybridized carbons (Fsp3) is 0.533. The molecule has 1 aliphatic rings. The maximum absolute atomic E-state index is 12.2. The van der Waals surface area contributed by atoms with E-state index in [1.165, 1.54) is 0 Å². The van der Waals surface area contributed by atoms with Crippen molar-refractivity contribution in [2.45, 2.75) is 25.9 Å². The van der Waals surface area contributed by atoms with E-state index in [-0.39, 0.29) is 12.5 Å². The van der Waals surface area contributed by atoms with Gasteiger partial charge >= 0.3 is 0 Å². The average molecular weight is 263 g/mol. The second-order valence-electron chi connectivity index (χ2n) is 5.02. The van der Waals surface area contributed by atoms with Gasteiger partial charge in [-0.1, -0.05) is 18.2 Å². The van der Waals surface area contributed by atoms with Gasteiger partial charge in [0.05, 0.1) is 0 Å². The number of hydrogen-bond acceptors (Lipinski definition) is 3. The van der Waals surface area contributed by atoms with Crippen LogP contribution in [0.3, 0.4) is 0 Å². The number of rotatable bonds is 5. The molecule has 1 aromatic carbocycles. The summed E-state index contributed by atoms with van der Waals surface area (Å²) in [7, 11) is 0. The topological polar surface area (TPSA) is 49.8 Å². The molecular formula is C15H21NO3. The molecule has 1 aromatic rings. The third-order valence-electron chi connectivity index (χ3n) is 3.54.